The minimum absolute atomic E-state index is 0.263. The van der Waals surface area contributed by atoms with E-state index in [9.17, 15) is 4.79 Å². The van der Waals surface area contributed by atoms with Crippen molar-refractivity contribution in [3.63, 3.8) is 0 Å². The number of hydrogen-bond acceptors (Lipinski definition) is 2. The van der Waals surface area contributed by atoms with Gasteiger partial charge in [-0.15, -0.1) is 6.58 Å². The summed E-state index contributed by atoms with van der Waals surface area (Å²) in [7, 11) is 0. The van der Waals surface area contributed by atoms with Crippen LogP contribution >= 0.6 is 0 Å². The van der Waals surface area contributed by atoms with Gasteiger partial charge >= 0.3 is 0 Å². The Bertz CT molecular complexity index is 736. The smallest absolute Gasteiger partial charge is 0.155 e. The Hall–Kier alpha value is -1.18. The van der Waals surface area contributed by atoms with Crippen LogP contribution in [0.4, 0.5) is 0 Å². The molecule has 0 aromatic carbocycles. The van der Waals surface area contributed by atoms with Gasteiger partial charge in [-0.1, -0.05) is 32.4 Å². The largest absolute Gasteiger partial charge is 0.313 e. The number of hydrogen-bond donors (Lipinski definition) is 1. The monoisotopic (exact) mass is 351 g/mol. The highest BCUT2D eigenvalue weighted by Gasteiger charge is 2.77. The Morgan fingerprint density at radius 1 is 1.27 bits per heavy atom. The number of carbonyl (C=O) groups excluding carboxylic acids is 1. The summed E-state index contributed by atoms with van der Waals surface area (Å²) in [6.45, 7) is 11.9. The Balaban J connectivity index is 1.66. The molecule has 26 heavy (non-hydrogen) atoms. The van der Waals surface area contributed by atoms with Gasteiger partial charge in [0.25, 0.3) is 0 Å². The zero-order valence-corrected chi connectivity index (χ0v) is 16.6. The van der Waals surface area contributed by atoms with Gasteiger partial charge in [-0.2, -0.15) is 0 Å². The summed E-state index contributed by atoms with van der Waals surface area (Å²) in [5.74, 6) is 4.05. The van der Waals surface area contributed by atoms with Crippen molar-refractivity contribution in [3.05, 3.63) is 24.3 Å². The van der Waals surface area contributed by atoms with Crippen LogP contribution in [0.25, 0.3) is 0 Å². The van der Waals surface area contributed by atoms with Crippen molar-refractivity contribution in [1.29, 1.82) is 5.41 Å². The highest BCUT2D eigenvalue weighted by atomic mass is 16.1. The van der Waals surface area contributed by atoms with E-state index in [0.717, 1.165) is 31.1 Å². The summed E-state index contributed by atoms with van der Waals surface area (Å²) < 4.78 is 0. The maximum absolute atomic E-state index is 12.1. The van der Waals surface area contributed by atoms with Crippen molar-refractivity contribution in [2.45, 2.75) is 59.3 Å². The number of carbonyl (C=O) groups is 1. The summed E-state index contributed by atoms with van der Waals surface area (Å²) in [4.78, 5) is 12.1. The Labute approximate surface area is 158 Å². The second-order valence-corrected chi connectivity index (χ2v) is 10.8. The second kappa shape index (κ2) is 5.00. The zero-order valence-electron chi connectivity index (χ0n) is 16.6. The van der Waals surface area contributed by atoms with Gasteiger partial charge in [-0.3, -0.25) is 4.79 Å². The summed E-state index contributed by atoms with van der Waals surface area (Å²) in [5.41, 5.74) is 2.27. The lowest BCUT2D eigenvalue weighted by Crippen LogP contribution is -2.61. The van der Waals surface area contributed by atoms with Gasteiger partial charge in [0.1, 0.15) is 0 Å². The number of nitrogens with one attached hydrogen (secondary N) is 1. The van der Waals surface area contributed by atoms with Gasteiger partial charge in [0, 0.05) is 12.3 Å². The Morgan fingerprint density at radius 2 is 2.04 bits per heavy atom. The van der Waals surface area contributed by atoms with E-state index in [4.69, 9.17) is 5.41 Å². The predicted molar refractivity (Wildman–Crippen MR) is 105 cm³/mol. The van der Waals surface area contributed by atoms with Crippen LogP contribution in [-0.4, -0.2) is 12.0 Å². The van der Waals surface area contributed by atoms with Crippen LogP contribution in [0.1, 0.15) is 59.3 Å². The van der Waals surface area contributed by atoms with E-state index in [2.05, 4.69) is 33.4 Å². The first-order chi connectivity index (χ1) is 12.3. The summed E-state index contributed by atoms with van der Waals surface area (Å²) in [6.07, 6.45) is 12.7. The van der Waals surface area contributed by atoms with Crippen LogP contribution in [0.5, 0.6) is 0 Å². The molecule has 4 fully saturated rings. The molecule has 5 rings (SSSR count). The van der Waals surface area contributed by atoms with E-state index in [1.165, 1.54) is 24.8 Å². The number of allylic oxidation sites excluding steroid dienone is 2. The second-order valence-electron chi connectivity index (χ2n) is 10.8. The van der Waals surface area contributed by atoms with Crippen molar-refractivity contribution in [3.8, 4) is 0 Å². The van der Waals surface area contributed by atoms with Gasteiger partial charge in [0.05, 0.1) is 0 Å². The minimum atomic E-state index is 0.263. The molecule has 0 radical (unpaired) electrons. The van der Waals surface area contributed by atoms with Crippen LogP contribution < -0.4 is 0 Å². The molecule has 2 nitrogen and oxygen atoms in total. The van der Waals surface area contributed by atoms with Gasteiger partial charge in [-0.25, -0.2) is 0 Å². The third-order valence-electron chi connectivity index (χ3n) is 10.2. The molecule has 0 aromatic heterocycles. The van der Waals surface area contributed by atoms with Crippen molar-refractivity contribution in [1.82, 2.24) is 0 Å². The number of ketones is 1. The lowest BCUT2D eigenvalue weighted by atomic mass is 9.37. The van der Waals surface area contributed by atoms with Gasteiger partial charge in [0.15, 0.2) is 5.78 Å². The van der Waals surface area contributed by atoms with E-state index in [-0.39, 0.29) is 10.8 Å². The van der Waals surface area contributed by atoms with Crippen molar-refractivity contribution < 1.29 is 4.79 Å². The first-order valence-corrected chi connectivity index (χ1v) is 10.7. The number of rotatable bonds is 2. The fourth-order valence-corrected chi connectivity index (χ4v) is 9.00. The Morgan fingerprint density at radius 3 is 2.73 bits per heavy atom. The van der Waals surface area contributed by atoms with Gasteiger partial charge in [0.2, 0.25) is 0 Å². The van der Waals surface area contributed by atoms with E-state index < -0.39 is 0 Å². The van der Waals surface area contributed by atoms with Crippen LogP contribution in [0.3, 0.4) is 0 Å². The number of fused-ring (bicyclic) bond motifs is 7. The van der Waals surface area contributed by atoms with Crippen molar-refractivity contribution in [2.75, 3.05) is 0 Å². The van der Waals surface area contributed by atoms with E-state index in [0.29, 0.717) is 34.9 Å². The molecule has 0 heterocycles. The van der Waals surface area contributed by atoms with Crippen LogP contribution in [0.2, 0.25) is 0 Å². The average molecular weight is 352 g/mol. The van der Waals surface area contributed by atoms with E-state index in [1.807, 2.05) is 6.08 Å². The quantitative estimate of drug-likeness (QED) is 0.522. The summed E-state index contributed by atoms with van der Waals surface area (Å²) in [5, 5.41) is 8.14. The molecule has 1 N–H and O–H groups in total. The summed E-state index contributed by atoms with van der Waals surface area (Å²) in [6, 6.07) is 0. The fourth-order valence-electron chi connectivity index (χ4n) is 9.00. The molecule has 0 spiro atoms. The molecule has 0 amide bonds. The van der Waals surface area contributed by atoms with Crippen LogP contribution in [0, 0.1) is 57.2 Å². The van der Waals surface area contributed by atoms with Crippen LogP contribution in [0.15, 0.2) is 24.3 Å². The normalized spacial score (nSPS) is 57.2. The molecular weight excluding hydrogens is 318 g/mol. The molecule has 140 valence electrons. The van der Waals surface area contributed by atoms with Crippen molar-refractivity contribution in [2.24, 2.45) is 51.8 Å². The molecule has 0 aromatic rings. The SMILES string of the molecule is C=CC1CC2=CC(=O)CCC2C2(C)CCC3(C)C(C=N)C4CC4C3(C)C12. The molecule has 5 aliphatic carbocycles. The predicted octanol–water partition coefficient (Wildman–Crippen LogP) is 5.44. The van der Waals surface area contributed by atoms with E-state index in [1.54, 1.807) is 6.21 Å². The first-order valence-electron chi connectivity index (χ1n) is 10.7. The fraction of sp³-hybridized carbons (Fsp3) is 0.750. The highest BCUT2D eigenvalue weighted by molar-refractivity contribution is 5.91. The molecule has 4 saturated carbocycles. The first kappa shape index (κ1) is 17.0. The van der Waals surface area contributed by atoms with Gasteiger partial charge in [-0.05, 0) is 90.2 Å². The van der Waals surface area contributed by atoms with Crippen LogP contribution in [-0.2, 0) is 4.79 Å². The lowest BCUT2D eigenvalue weighted by Gasteiger charge is -2.67. The Kier molecular flexibility index (Phi) is 3.26. The standard InChI is InChI=1S/C24H33NO/c1-5-14-10-15-11-16(26)6-7-18(15)22(2)8-9-23(3)20(13-25)17-12-19(17)24(23,4)21(14)22/h5,11,13-14,17-21,25H,1,6-10,12H2,2-4H3. The lowest BCUT2D eigenvalue weighted by molar-refractivity contribution is -0.163. The molecule has 9 atom stereocenters. The topological polar surface area (TPSA) is 40.9 Å². The maximum atomic E-state index is 12.1. The molecular formula is C24H33NO. The zero-order chi connectivity index (χ0) is 18.5. The van der Waals surface area contributed by atoms with E-state index >= 15 is 0 Å². The summed E-state index contributed by atoms with van der Waals surface area (Å²) >= 11 is 0. The molecule has 5 aliphatic rings. The van der Waals surface area contributed by atoms with Gasteiger partial charge < -0.3 is 5.41 Å². The maximum Gasteiger partial charge on any atom is 0.155 e. The van der Waals surface area contributed by atoms with Crippen molar-refractivity contribution >= 4 is 12.0 Å². The average Bonchev–Trinajstić information content (AvgIpc) is 3.36. The third kappa shape index (κ3) is 1.71. The third-order valence-corrected chi connectivity index (χ3v) is 10.2. The molecule has 0 saturated heterocycles. The molecule has 9 unspecified atom stereocenters. The minimum Gasteiger partial charge on any atom is -0.313 e. The molecule has 0 bridgehead atoms. The molecule has 0 aliphatic heterocycles. The molecule has 2 heteroatoms. The highest BCUT2D eigenvalue weighted by Crippen LogP contribution is 2.82.